The summed E-state index contributed by atoms with van der Waals surface area (Å²) in [6.45, 7) is 0. The van der Waals surface area contributed by atoms with Crippen molar-refractivity contribution < 1.29 is 0 Å². The Kier molecular flexibility index (Phi) is 5.97. The molecule has 0 bridgehead atoms. The van der Waals surface area contributed by atoms with E-state index in [4.69, 9.17) is 4.99 Å². The van der Waals surface area contributed by atoms with Crippen LogP contribution in [-0.4, -0.2) is 6.21 Å². The van der Waals surface area contributed by atoms with Gasteiger partial charge < -0.3 is 0 Å². The van der Waals surface area contributed by atoms with Gasteiger partial charge in [-0.3, -0.25) is 4.99 Å². The Labute approximate surface area is 173 Å². The molecule has 0 aromatic heterocycles. The van der Waals surface area contributed by atoms with Crippen LogP contribution in [0.1, 0.15) is 28.7 Å². The quantitative estimate of drug-likeness (QED) is 0.252. The number of hydrogen-bond acceptors (Lipinski definition) is 1. The predicted octanol–water partition coefficient (Wildman–Crippen LogP) is 6.68. The lowest BCUT2D eigenvalue weighted by Gasteiger charge is -2.32. The second-order valence-electron chi connectivity index (χ2n) is 7.14. The van der Waals surface area contributed by atoms with E-state index in [1.54, 1.807) is 0 Å². The van der Waals surface area contributed by atoms with Gasteiger partial charge in [-0.2, -0.15) is 0 Å². The standard InChI is InChI=1S/C28H25N/c1-5-14-24(15-6-1)16-13-23-29-28(25-17-7-2-8-18-25,26-19-9-3-10-20-26)27-21-11-4-12-22-27/h1-12,14-15,17-23H,13,16H2. The van der Waals surface area contributed by atoms with Gasteiger partial charge in [0.15, 0.2) is 0 Å². The number of aryl methyl sites for hydroxylation is 1. The van der Waals surface area contributed by atoms with Crippen LogP contribution in [-0.2, 0) is 12.0 Å². The molecule has 4 aromatic carbocycles. The zero-order valence-corrected chi connectivity index (χ0v) is 16.5. The molecule has 0 amide bonds. The summed E-state index contributed by atoms with van der Waals surface area (Å²) in [5.74, 6) is 0. The van der Waals surface area contributed by atoms with Crippen molar-refractivity contribution >= 4 is 6.21 Å². The van der Waals surface area contributed by atoms with Crippen molar-refractivity contribution in [1.29, 1.82) is 0 Å². The van der Waals surface area contributed by atoms with Crippen LogP contribution in [0.3, 0.4) is 0 Å². The number of rotatable bonds is 7. The highest BCUT2D eigenvalue weighted by molar-refractivity contribution is 5.63. The summed E-state index contributed by atoms with van der Waals surface area (Å²) in [4.78, 5) is 5.26. The second kappa shape index (κ2) is 9.16. The molecule has 0 heterocycles. The van der Waals surface area contributed by atoms with Gasteiger partial charge in [0, 0.05) is 6.21 Å². The molecule has 0 atom stereocenters. The Morgan fingerprint density at radius 3 is 1.31 bits per heavy atom. The van der Waals surface area contributed by atoms with E-state index in [9.17, 15) is 0 Å². The molecule has 29 heavy (non-hydrogen) atoms. The van der Waals surface area contributed by atoms with Gasteiger partial charge in [-0.15, -0.1) is 0 Å². The highest BCUT2D eigenvalue weighted by Gasteiger charge is 2.35. The summed E-state index contributed by atoms with van der Waals surface area (Å²) in [6.07, 6.45) is 3.98. The number of hydrogen-bond donors (Lipinski definition) is 0. The van der Waals surface area contributed by atoms with E-state index in [-0.39, 0.29) is 0 Å². The minimum absolute atomic E-state index is 0.555. The number of benzene rings is 4. The van der Waals surface area contributed by atoms with Crippen molar-refractivity contribution in [3.63, 3.8) is 0 Å². The molecule has 4 rings (SSSR count). The van der Waals surface area contributed by atoms with Crippen molar-refractivity contribution in [2.24, 2.45) is 4.99 Å². The van der Waals surface area contributed by atoms with Crippen LogP contribution in [0, 0.1) is 0 Å². The number of aliphatic imine (C=N–C) groups is 1. The Bertz CT molecular complexity index is 926. The molecule has 1 nitrogen and oxygen atoms in total. The van der Waals surface area contributed by atoms with Crippen LogP contribution >= 0.6 is 0 Å². The van der Waals surface area contributed by atoms with Gasteiger partial charge in [-0.05, 0) is 35.1 Å². The lowest BCUT2D eigenvalue weighted by molar-refractivity contribution is 0.657. The van der Waals surface area contributed by atoms with Gasteiger partial charge in [0.25, 0.3) is 0 Å². The van der Waals surface area contributed by atoms with E-state index in [0.717, 1.165) is 12.8 Å². The molecule has 0 saturated heterocycles. The summed E-state index contributed by atoms with van der Waals surface area (Å²) >= 11 is 0. The maximum atomic E-state index is 5.26. The first-order chi connectivity index (χ1) is 14.4. The zero-order valence-electron chi connectivity index (χ0n) is 16.5. The molecule has 0 unspecified atom stereocenters. The average Bonchev–Trinajstić information content (AvgIpc) is 2.82. The lowest BCUT2D eigenvalue weighted by atomic mass is 9.77. The van der Waals surface area contributed by atoms with Crippen molar-refractivity contribution in [2.45, 2.75) is 18.4 Å². The summed E-state index contributed by atoms with van der Waals surface area (Å²) in [5, 5.41) is 0. The van der Waals surface area contributed by atoms with Gasteiger partial charge in [0.2, 0.25) is 0 Å². The molecular formula is C28H25N. The predicted molar refractivity (Wildman–Crippen MR) is 122 cm³/mol. The molecule has 0 aliphatic rings. The molecular weight excluding hydrogens is 350 g/mol. The van der Waals surface area contributed by atoms with Crippen LogP contribution in [0.4, 0.5) is 0 Å². The fourth-order valence-electron chi connectivity index (χ4n) is 3.84. The van der Waals surface area contributed by atoms with Gasteiger partial charge in [0.05, 0.1) is 0 Å². The van der Waals surface area contributed by atoms with Gasteiger partial charge >= 0.3 is 0 Å². The molecule has 0 spiro atoms. The van der Waals surface area contributed by atoms with Crippen LogP contribution < -0.4 is 0 Å². The minimum Gasteiger partial charge on any atom is -0.276 e. The van der Waals surface area contributed by atoms with E-state index in [2.05, 4.69) is 128 Å². The first kappa shape index (κ1) is 18.9. The van der Waals surface area contributed by atoms with Gasteiger partial charge in [0.1, 0.15) is 5.54 Å². The summed E-state index contributed by atoms with van der Waals surface area (Å²) in [7, 11) is 0. The normalized spacial score (nSPS) is 11.6. The Morgan fingerprint density at radius 1 is 0.517 bits per heavy atom. The SMILES string of the molecule is C(CCc1ccccc1)=NC(c1ccccc1)(c1ccccc1)c1ccccc1. The van der Waals surface area contributed by atoms with E-state index in [1.807, 2.05) is 0 Å². The molecule has 0 radical (unpaired) electrons. The van der Waals surface area contributed by atoms with Crippen molar-refractivity contribution in [2.75, 3.05) is 0 Å². The van der Waals surface area contributed by atoms with Crippen molar-refractivity contribution in [3.8, 4) is 0 Å². The topological polar surface area (TPSA) is 12.4 Å². The van der Waals surface area contributed by atoms with Crippen LogP contribution in [0.5, 0.6) is 0 Å². The summed E-state index contributed by atoms with van der Waals surface area (Å²) in [5.41, 5.74) is 4.30. The third kappa shape index (κ3) is 4.20. The molecule has 0 aliphatic carbocycles. The van der Waals surface area contributed by atoms with Gasteiger partial charge in [-0.1, -0.05) is 121 Å². The van der Waals surface area contributed by atoms with Gasteiger partial charge in [-0.25, -0.2) is 0 Å². The summed E-state index contributed by atoms with van der Waals surface area (Å²) < 4.78 is 0. The first-order valence-corrected chi connectivity index (χ1v) is 10.1. The maximum Gasteiger partial charge on any atom is 0.135 e. The second-order valence-corrected chi connectivity index (χ2v) is 7.14. The number of nitrogens with zero attached hydrogens (tertiary/aromatic N) is 1. The average molecular weight is 376 g/mol. The molecule has 0 N–H and O–H groups in total. The highest BCUT2D eigenvalue weighted by Crippen LogP contribution is 2.40. The maximum absolute atomic E-state index is 5.26. The third-order valence-electron chi connectivity index (χ3n) is 5.26. The van der Waals surface area contributed by atoms with E-state index >= 15 is 0 Å². The van der Waals surface area contributed by atoms with Crippen molar-refractivity contribution in [3.05, 3.63) is 144 Å². The molecule has 0 saturated carbocycles. The highest BCUT2D eigenvalue weighted by atomic mass is 14.9. The minimum atomic E-state index is -0.555. The largest absolute Gasteiger partial charge is 0.276 e. The fourth-order valence-corrected chi connectivity index (χ4v) is 3.84. The molecule has 4 aromatic rings. The molecule has 1 heteroatoms. The van der Waals surface area contributed by atoms with Crippen LogP contribution in [0.25, 0.3) is 0 Å². The van der Waals surface area contributed by atoms with Crippen molar-refractivity contribution in [1.82, 2.24) is 0 Å². The third-order valence-corrected chi connectivity index (χ3v) is 5.26. The van der Waals surface area contributed by atoms with E-state index in [1.165, 1.54) is 22.3 Å². The Morgan fingerprint density at radius 2 is 0.897 bits per heavy atom. The lowest BCUT2D eigenvalue weighted by Crippen LogP contribution is -2.27. The van der Waals surface area contributed by atoms with E-state index in [0.29, 0.717) is 0 Å². The Balaban J connectivity index is 1.78. The van der Waals surface area contributed by atoms with Crippen LogP contribution in [0.2, 0.25) is 0 Å². The summed E-state index contributed by atoms with van der Waals surface area (Å²) in [6, 6.07) is 42.4. The fraction of sp³-hybridized carbons (Fsp3) is 0.107. The Hall–Kier alpha value is -3.45. The molecule has 142 valence electrons. The smallest absolute Gasteiger partial charge is 0.135 e. The zero-order chi connectivity index (χ0) is 19.8. The molecule has 0 aliphatic heterocycles. The van der Waals surface area contributed by atoms with E-state index < -0.39 is 5.54 Å². The molecule has 0 fully saturated rings. The first-order valence-electron chi connectivity index (χ1n) is 10.1. The monoisotopic (exact) mass is 375 g/mol. The van der Waals surface area contributed by atoms with Crippen LogP contribution in [0.15, 0.2) is 126 Å².